The van der Waals surface area contributed by atoms with E-state index in [1.54, 1.807) is 0 Å². The Bertz CT molecular complexity index is 1080. The average molecular weight is 562 g/mol. The van der Waals surface area contributed by atoms with Crippen molar-refractivity contribution in [2.75, 3.05) is 7.11 Å². The van der Waals surface area contributed by atoms with Gasteiger partial charge in [0.15, 0.2) is 11.6 Å². The maximum atomic E-state index is 14.3. The molecular formula is C31H45BrO4. The number of halogens is 1. The Labute approximate surface area is 226 Å². The molecular weight excluding hydrogens is 516 g/mol. The van der Waals surface area contributed by atoms with Crippen LogP contribution in [0.25, 0.3) is 0 Å². The molecule has 0 unspecified atom stereocenters. The highest BCUT2D eigenvalue weighted by Crippen LogP contribution is 2.73. The van der Waals surface area contributed by atoms with Crippen LogP contribution in [0.2, 0.25) is 0 Å². The van der Waals surface area contributed by atoms with E-state index in [-0.39, 0.29) is 56.9 Å². The van der Waals surface area contributed by atoms with Crippen LogP contribution in [0.3, 0.4) is 0 Å². The van der Waals surface area contributed by atoms with Crippen molar-refractivity contribution in [3.63, 3.8) is 0 Å². The van der Waals surface area contributed by atoms with Crippen LogP contribution in [0, 0.1) is 50.2 Å². The van der Waals surface area contributed by atoms with Crippen LogP contribution < -0.4 is 0 Å². The molecule has 4 nitrogen and oxygen atoms in total. The third-order valence-electron chi connectivity index (χ3n) is 11.3. The van der Waals surface area contributed by atoms with E-state index in [0.717, 1.165) is 25.7 Å². The Balaban J connectivity index is 1.93. The van der Waals surface area contributed by atoms with Gasteiger partial charge in [-0.25, -0.2) is 0 Å². The number of rotatable bonds is 2. The maximum Gasteiger partial charge on any atom is 0.311 e. The second-order valence-corrected chi connectivity index (χ2v) is 15.7. The lowest BCUT2D eigenvalue weighted by Gasteiger charge is -2.67. The second-order valence-electron chi connectivity index (χ2n) is 14.9. The summed E-state index contributed by atoms with van der Waals surface area (Å²) in [7, 11) is 1.47. The lowest BCUT2D eigenvalue weighted by molar-refractivity contribution is -0.180. The van der Waals surface area contributed by atoms with Crippen molar-refractivity contribution in [3.05, 3.63) is 22.2 Å². The molecule has 0 N–H and O–H groups in total. The Kier molecular flexibility index (Phi) is 6.28. The van der Waals surface area contributed by atoms with E-state index in [0.29, 0.717) is 10.9 Å². The van der Waals surface area contributed by atoms with Gasteiger partial charge < -0.3 is 4.74 Å². The number of ether oxygens (including phenoxy) is 1. The van der Waals surface area contributed by atoms with E-state index in [1.165, 1.54) is 12.7 Å². The number of methoxy groups -OCH3 is 1. The highest BCUT2D eigenvalue weighted by molar-refractivity contribution is 9.12. The largest absolute Gasteiger partial charge is 0.469 e. The number of Topliss-reactive ketones (excluding diaryl/α,β-unsaturated/α-hetero) is 1. The van der Waals surface area contributed by atoms with Crippen LogP contribution in [-0.4, -0.2) is 24.6 Å². The summed E-state index contributed by atoms with van der Waals surface area (Å²) in [6.07, 6.45) is 8.23. The molecule has 0 heterocycles. The van der Waals surface area contributed by atoms with Gasteiger partial charge in [0.2, 0.25) is 0 Å². The summed E-state index contributed by atoms with van der Waals surface area (Å²) < 4.78 is 5.97. The zero-order chi connectivity index (χ0) is 27.3. The van der Waals surface area contributed by atoms with E-state index in [1.807, 2.05) is 13.0 Å². The van der Waals surface area contributed by atoms with Gasteiger partial charge in [-0.05, 0) is 89.1 Å². The first kappa shape index (κ1) is 27.8. The van der Waals surface area contributed by atoms with E-state index in [4.69, 9.17) is 4.74 Å². The Morgan fingerprint density at radius 1 is 1.06 bits per heavy atom. The molecule has 4 rings (SSSR count). The molecule has 0 bridgehead atoms. The summed E-state index contributed by atoms with van der Waals surface area (Å²) in [6, 6.07) is 0. The molecule has 0 aromatic heterocycles. The Morgan fingerprint density at radius 3 is 2.22 bits per heavy atom. The van der Waals surface area contributed by atoms with Gasteiger partial charge >= 0.3 is 5.97 Å². The van der Waals surface area contributed by atoms with E-state index >= 15 is 0 Å². The molecule has 0 radical (unpaired) electrons. The SMILES string of the molecule is COC(=O)[C@@]1(C)CC[C@]2(C)[C@H](C(=O)C=C3[C@@]4(C)C=C(Br)C(=O)C(C)(C)[C@@H]4CC[C@]32C)[C@@H]1CC(C)(C)C. The van der Waals surface area contributed by atoms with Crippen LogP contribution >= 0.6 is 15.9 Å². The summed E-state index contributed by atoms with van der Waals surface area (Å²) in [6.45, 7) is 19.7. The number of fused-ring (bicyclic) bond motifs is 5. The summed E-state index contributed by atoms with van der Waals surface area (Å²) in [4.78, 5) is 40.7. The zero-order valence-electron chi connectivity index (χ0n) is 23.9. The average Bonchev–Trinajstić information content (AvgIpc) is 2.75. The number of esters is 1. The number of carbonyl (C=O) groups is 3. The van der Waals surface area contributed by atoms with Crippen LogP contribution in [-0.2, 0) is 19.1 Å². The van der Waals surface area contributed by atoms with Crippen LogP contribution in [0.15, 0.2) is 22.2 Å². The molecule has 0 amide bonds. The van der Waals surface area contributed by atoms with Gasteiger partial charge in [0.25, 0.3) is 0 Å². The number of ketones is 2. The molecule has 0 spiro atoms. The molecule has 0 aromatic rings. The zero-order valence-corrected chi connectivity index (χ0v) is 25.5. The molecule has 0 saturated heterocycles. The predicted octanol–water partition coefficient (Wildman–Crippen LogP) is 7.45. The summed E-state index contributed by atoms with van der Waals surface area (Å²) in [5.41, 5.74) is -0.904. The lowest BCUT2D eigenvalue weighted by Crippen LogP contribution is -2.64. The molecule has 4 aliphatic carbocycles. The summed E-state index contributed by atoms with van der Waals surface area (Å²) >= 11 is 3.59. The first-order valence-electron chi connectivity index (χ1n) is 13.6. The number of hydrogen-bond donors (Lipinski definition) is 0. The van der Waals surface area contributed by atoms with Crippen molar-refractivity contribution in [1.82, 2.24) is 0 Å². The van der Waals surface area contributed by atoms with Crippen molar-refractivity contribution < 1.29 is 19.1 Å². The molecule has 5 heteroatoms. The van der Waals surface area contributed by atoms with Crippen molar-refractivity contribution >= 4 is 33.5 Å². The fourth-order valence-corrected chi connectivity index (χ4v) is 10.2. The summed E-state index contributed by atoms with van der Waals surface area (Å²) in [5.74, 6) is -0.0913. The van der Waals surface area contributed by atoms with E-state index in [9.17, 15) is 14.4 Å². The van der Waals surface area contributed by atoms with E-state index in [2.05, 4.69) is 77.4 Å². The van der Waals surface area contributed by atoms with Gasteiger partial charge in [-0.15, -0.1) is 0 Å². The van der Waals surface area contributed by atoms with Crippen LogP contribution in [0.1, 0.15) is 94.4 Å². The molecule has 2 saturated carbocycles. The van der Waals surface area contributed by atoms with Gasteiger partial charge in [-0.2, -0.15) is 0 Å². The number of carbonyl (C=O) groups excluding carboxylic acids is 3. The van der Waals surface area contributed by atoms with Gasteiger partial charge in [-0.1, -0.05) is 67.0 Å². The van der Waals surface area contributed by atoms with Gasteiger partial charge in [-0.3, -0.25) is 14.4 Å². The number of hydrogen-bond acceptors (Lipinski definition) is 4. The fraction of sp³-hybridized carbons (Fsp3) is 0.774. The monoisotopic (exact) mass is 560 g/mol. The minimum absolute atomic E-state index is 0.0334. The predicted molar refractivity (Wildman–Crippen MR) is 146 cm³/mol. The molecule has 4 aliphatic rings. The quantitative estimate of drug-likeness (QED) is 0.329. The second kappa shape index (κ2) is 8.13. The molecule has 0 aromatic carbocycles. The van der Waals surface area contributed by atoms with Crippen molar-refractivity contribution in [2.45, 2.75) is 94.4 Å². The minimum Gasteiger partial charge on any atom is -0.469 e. The van der Waals surface area contributed by atoms with Gasteiger partial charge in [0.05, 0.1) is 17.0 Å². The minimum atomic E-state index is -0.688. The van der Waals surface area contributed by atoms with E-state index < -0.39 is 10.8 Å². The molecule has 2 fully saturated rings. The summed E-state index contributed by atoms with van der Waals surface area (Å²) in [5, 5.41) is 0. The fourth-order valence-electron chi connectivity index (χ4n) is 9.17. The first-order chi connectivity index (χ1) is 16.3. The normalized spacial score (nSPS) is 44.0. The Morgan fingerprint density at radius 2 is 1.67 bits per heavy atom. The molecule has 7 atom stereocenters. The Hall–Kier alpha value is -1.23. The number of allylic oxidation sites excluding steroid dienone is 4. The lowest BCUT2D eigenvalue weighted by atomic mass is 9.35. The van der Waals surface area contributed by atoms with Crippen molar-refractivity contribution in [3.8, 4) is 0 Å². The van der Waals surface area contributed by atoms with Crippen LogP contribution in [0.4, 0.5) is 0 Å². The van der Waals surface area contributed by atoms with Gasteiger partial charge in [0.1, 0.15) is 0 Å². The third kappa shape index (κ3) is 3.53. The third-order valence-corrected chi connectivity index (χ3v) is 11.9. The standard InChI is InChI=1S/C31H45BrO4/c1-26(2,3)16-18-23-20(33)15-22-29(7)17-19(32)24(34)27(4,5)21(29)11-12-30(22,8)31(23,9)14-13-28(18,6)25(35)36-10/h15,17-18,21,23H,11-14,16H2,1-10H3/t18-,21-,23-,28-,29-,30+,31+/m0/s1. The molecule has 0 aliphatic heterocycles. The molecule has 36 heavy (non-hydrogen) atoms. The first-order valence-corrected chi connectivity index (χ1v) is 14.4. The topological polar surface area (TPSA) is 60.4 Å². The van der Waals surface area contributed by atoms with Gasteiger partial charge in [0, 0.05) is 16.7 Å². The van der Waals surface area contributed by atoms with Crippen molar-refractivity contribution in [1.29, 1.82) is 0 Å². The van der Waals surface area contributed by atoms with Crippen molar-refractivity contribution in [2.24, 2.45) is 50.2 Å². The van der Waals surface area contributed by atoms with Crippen LogP contribution in [0.5, 0.6) is 0 Å². The smallest absolute Gasteiger partial charge is 0.311 e. The highest BCUT2D eigenvalue weighted by atomic mass is 79.9. The maximum absolute atomic E-state index is 14.3. The highest BCUT2D eigenvalue weighted by Gasteiger charge is 2.69. The molecule has 200 valence electrons.